The van der Waals surface area contributed by atoms with Gasteiger partial charge in [0, 0.05) is 41.9 Å². The van der Waals surface area contributed by atoms with E-state index in [4.69, 9.17) is 4.74 Å². The molecule has 29 heavy (non-hydrogen) atoms. The number of rotatable bonds is 4. The van der Waals surface area contributed by atoms with Crippen molar-refractivity contribution >= 4 is 11.7 Å². The Morgan fingerprint density at radius 2 is 1.83 bits per heavy atom. The van der Waals surface area contributed by atoms with Crippen molar-refractivity contribution in [2.75, 3.05) is 6.54 Å². The highest BCUT2D eigenvalue weighted by molar-refractivity contribution is 6.06. The Kier molecular flexibility index (Phi) is 4.31. The Bertz CT molecular complexity index is 1100. The summed E-state index contributed by atoms with van der Waals surface area (Å²) in [5, 5.41) is 2.98. The van der Waals surface area contributed by atoms with E-state index in [1.807, 2.05) is 36.4 Å². The van der Waals surface area contributed by atoms with Crippen LogP contribution in [0.1, 0.15) is 33.8 Å². The predicted molar refractivity (Wildman–Crippen MR) is 107 cm³/mol. The number of aromatic nitrogens is 2. The number of nitrogens with zero attached hydrogens (tertiary/aromatic N) is 2. The van der Waals surface area contributed by atoms with Crippen molar-refractivity contribution in [3.05, 3.63) is 77.9 Å². The van der Waals surface area contributed by atoms with Gasteiger partial charge >= 0.3 is 0 Å². The third-order valence-electron chi connectivity index (χ3n) is 5.55. The van der Waals surface area contributed by atoms with E-state index < -0.39 is 5.92 Å². The molecular weight excluding hydrogens is 366 g/mol. The lowest BCUT2D eigenvalue weighted by atomic mass is 10.0. The molecule has 3 aromatic rings. The van der Waals surface area contributed by atoms with Gasteiger partial charge in [0.2, 0.25) is 5.91 Å². The number of nitrogens with one attached hydrogen (secondary N) is 1. The average Bonchev–Trinajstić information content (AvgIpc) is 3.34. The van der Waals surface area contributed by atoms with Crippen LogP contribution in [-0.2, 0) is 11.2 Å². The number of hydrogen-bond donors (Lipinski definition) is 1. The summed E-state index contributed by atoms with van der Waals surface area (Å²) in [5.74, 6) is 0.307. The lowest BCUT2D eigenvalue weighted by molar-refractivity contribution is -0.122. The fraction of sp³-hybridized carbons (Fsp3) is 0.217. The maximum absolute atomic E-state index is 12.7. The molecule has 1 amide bonds. The monoisotopic (exact) mass is 385 g/mol. The largest absolute Gasteiger partial charge is 0.487 e. The Balaban J connectivity index is 1.27. The van der Waals surface area contributed by atoms with Crippen molar-refractivity contribution in [1.29, 1.82) is 0 Å². The van der Waals surface area contributed by atoms with Crippen molar-refractivity contribution in [3.8, 4) is 16.9 Å². The summed E-state index contributed by atoms with van der Waals surface area (Å²) in [6, 6.07) is 13.4. The van der Waals surface area contributed by atoms with Gasteiger partial charge in [-0.25, -0.2) is 9.97 Å². The molecule has 6 nitrogen and oxygen atoms in total. The van der Waals surface area contributed by atoms with Crippen LogP contribution in [0, 0.1) is 0 Å². The summed E-state index contributed by atoms with van der Waals surface area (Å²) in [7, 11) is 0. The fourth-order valence-corrected chi connectivity index (χ4v) is 4.15. The predicted octanol–water partition coefficient (Wildman–Crippen LogP) is 2.93. The molecule has 6 heteroatoms. The number of Topliss-reactive ketones (excluding diaryl/α,β-unsaturated/α-hetero) is 1. The van der Waals surface area contributed by atoms with Crippen LogP contribution in [0.2, 0.25) is 0 Å². The second kappa shape index (κ2) is 7.13. The molecule has 2 aromatic carbocycles. The highest BCUT2D eigenvalue weighted by Gasteiger charge is 2.34. The molecule has 1 aromatic heterocycles. The van der Waals surface area contributed by atoms with Gasteiger partial charge in [-0.1, -0.05) is 42.5 Å². The second-order valence-corrected chi connectivity index (χ2v) is 7.38. The maximum atomic E-state index is 12.7. The Morgan fingerprint density at radius 1 is 1.03 bits per heavy atom. The SMILES string of the molecule is O=C1C[C@H](C(=O)NC[C@H]2Cc3cccc(-c4cncnc4)c3O2)c2ccccc21. The van der Waals surface area contributed by atoms with Gasteiger partial charge in [-0.15, -0.1) is 0 Å². The summed E-state index contributed by atoms with van der Waals surface area (Å²) in [4.78, 5) is 33.0. The third-order valence-corrected chi connectivity index (χ3v) is 5.55. The van der Waals surface area contributed by atoms with Gasteiger partial charge in [-0.3, -0.25) is 9.59 Å². The molecule has 2 heterocycles. The number of amides is 1. The van der Waals surface area contributed by atoms with E-state index in [0.717, 1.165) is 34.4 Å². The number of para-hydroxylation sites is 1. The number of carbonyl (C=O) groups excluding carboxylic acids is 2. The van der Waals surface area contributed by atoms with Gasteiger partial charge in [-0.05, 0) is 11.1 Å². The number of hydrogen-bond acceptors (Lipinski definition) is 5. The Labute approximate surface area is 168 Å². The molecule has 1 N–H and O–H groups in total. The Hall–Kier alpha value is -3.54. The summed E-state index contributed by atoms with van der Waals surface area (Å²) in [6.45, 7) is 0.394. The van der Waals surface area contributed by atoms with E-state index >= 15 is 0 Å². The maximum Gasteiger partial charge on any atom is 0.228 e. The van der Waals surface area contributed by atoms with E-state index in [2.05, 4.69) is 15.3 Å². The fourth-order valence-electron chi connectivity index (χ4n) is 4.15. The second-order valence-electron chi connectivity index (χ2n) is 7.38. The standard InChI is InChI=1S/C23H19N3O3/c27-21-9-20(18-5-1-2-6-19(18)21)23(28)26-12-16-8-14-4-3-7-17(22(14)29-16)15-10-24-13-25-11-15/h1-7,10-11,13,16,20H,8-9,12H2,(H,26,28)/t16-,20+/m1/s1. The molecule has 1 aliphatic carbocycles. The molecule has 0 fully saturated rings. The van der Waals surface area contributed by atoms with Crippen molar-refractivity contribution in [3.63, 3.8) is 0 Å². The molecule has 144 valence electrons. The molecule has 2 aliphatic rings. The first-order valence-corrected chi connectivity index (χ1v) is 9.64. The first-order valence-electron chi connectivity index (χ1n) is 9.64. The molecule has 0 saturated heterocycles. The van der Waals surface area contributed by atoms with Crippen molar-refractivity contribution < 1.29 is 14.3 Å². The van der Waals surface area contributed by atoms with Crippen molar-refractivity contribution in [2.45, 2.75) is 24.9 Å². The number of benzene rings is 2. The summed E-state index contributed by atoms with van der Waals surface area (Å²) in [6.07, 6.45) is 5.82. The third kappa shape index (κ3) is 3.16. The number of ketones is 1. The highest BCUT2D eigenvalue weighted by Crippen LogP contribution is 2.38. The summed E-state index contributed by atoms with van der Waals surface area (Å²) in [5.41, 5.74) is 4.43. The van der Waals surface area contributed by atoms with Gasteiger partial charge in [-0.2, -0.15) is 0 Å². The minimum absolute atomic E-state index is 0.0278. The van der Waals surface area contributed by atoms with Crippen LogP contribution in [0.25, 0.3) is 11.1 Å². The van der Waals surface area contributed by atoms with Crippen molar-refractivity contribution in [1.82, 2.24) is 15.3 Å². The van der Waals surface area contributed by atoms with Crippen molar-refractivity contribution in [2.24, 2.45) is 0 Å². The number of fused-ring (bicyclic) bond motifs is 2. The molecule has 0 bridgehead atoms. The molecule has 0 unspecified atom stereocenters. The highest BCUT2D eigenvalue weighted by atomic mass is 16.5. The van der Waals surface area contributed by atoms with E-state index in [9.17, 15) is 9.59 Å². The minimum Gasteiger partial charge on any atom is -0.487 e. The zero-order chi connectivity index (χ0) is 19.8. The van der Waals surface area contributed by atoms with E-state index in [-0.39, 0.29) is 24.2 Å². The van der Waals surface area contributed by atoms with Gasteiger partial charge in [0.05, 0.1) is 12.5 Å². The first kappa shape index (κ1) is 17.6. The van der Waals surface area contributed by atoms with Crippen LogP contribution >= 0.6 is 0 Å². The molecule has 1 aliphatic heterocycles. The minimum atomic E-state index is -0.417. The molecule has 0 spiro atoms. The van der Waals surface area contributed by atoms with E-state index in [1.54, 1.807) is 18.5 Å². The van der Waals surface area contributed by atoms with Crippen LogP contribution in [-0.4, -0.2) is 34.3 Å². The van der Waals surface area contributed by atoms with Crippen LogP contribution < -0.4 is 10.1 Å². The van der Waals surface area contributed by atoms with Crippen LogP contribution in [0.5, 0.6) is 5.75 Å². The number of carbonyl (C=O) groups is 2. The van der Waals surface area contributed by atoms with E-state index in [1.165, 1.54) is 6.33 Å². The van der Waals surface area contributed by atoms with Crippen LogP contribution in [0.4, 0.5) is 0 Å². The quantitative estimate of drug-likeness (QED) is 0.747. The van der Waals surface area contributed by atoms with Gasteiger partial charge in [0.1, 0.15) is 18.2 Å². The molecule has 2 atom stereocenters. The lowest BCUT2D eigenvalue weighted by Gasteiger charge is -2.16. The van der Waals surface area contributed by atoms with Gasteiger partial charge in [0.15, 0.2) is 5.78 Å². The summed E-state index contributed by atoms with van der Waals surface area (Å²) < 4.78 is 6.16. The molecular formula is C23H19N3O3. The summed E-state index contributed by atoms with van der Waals surface area (Å²) >= 11 is 0. The van der Waals surface area contributed by atoms with E-state index in [0.29, 0.717) is 12.1 Å². The smallest absolute Gasteiger partial charge is 0.228 e. The number of ether oxygens (including phenoxy) is 1. The van der Waals surface area contributed by atoms with Crippen LogP contribution in [0.3, 0.4) is 0 Å². The average molecular weight is 385 g/mol. The van der Waals surface area contributed by atoms with Crippen LogP contribution in [0.15, 0.2) is 61.2 Å². The Morgan fingerprint density at radius 3 is 2.69 bits per heavy atom. The zero-order valence-corrected chi connectivity index (χ0v) is 15.7. The zero-order valence-electron chi connectivity index (χ0n) is 15.7. The normalized spacial score (nSPS) is 19.4. The first-order chi connectivity index (χ1) is 14.2. The van der Waals surface area contributed by atoms with Gasteiger partial charge < -0.3 is 10.1 Å². The molecule has 0 radical (unpaired) electrons. The molecule has 5 rings (SSSR count). The molecule has 0 saturated carbocycles. The van der Waals surface area contributed by atoms with Gasteiger partial charge in [0.25, 0.3) is 0 Å². The lowest BCUT2D eigenvalue weighted by Crippen LogP contribution is -2.37. The topological polar surface area (TPSA) is 81.2 Å².